The van der Waals surface area contributed by atoms with Gasteiger partial charge in [0.1, 0.15) is 6.20 Å². The number of rotatable bonds is 5. The Bertz CT molecular complexity index is 638. The summed E-state index contributed by atoms with van der Waals surface area (Å²) in [6.07, 6.45) is 4.70. The normalized spacial score (nSPS) is 9.60. The molecular weight excluding hydrogens is 258 g/mol. The summed E-state index contributed by atoms with van der Waals surface area (Å²) in [6, 6.07) is 9.70. The van der Waals surface area contributed by atoms with Gasteiger partial charge in [-0.25, -0.2) is 4.79 Å². The Hall–Kier alpha value is -2.92. The van der Waals surface area contributed by atoms with E-state index in [0.717, 1.165) is 5.56 Å². The third-order valence-electron chi connectivity index (χ3n) is 2.56. The van der Waals surface area contributed by atoms with Crippen LogP contribution in [0.2, 0.25) is 0 Å². The SMILES string of the molecule is [N-]=[N+]=NCOC(=O)c1cncc[n+]1Cc1ccccc1. The fraction of sp³-hybridized carbons (Fsp3) is 0.154. The number of hydrogen-bond acceptors (Lipinski definition) is 4. The predicted molar refractivity (Wildman–Crippen MR) is 69.4 cm³/mol. The lowest BCUT2D eigenvalue weighted by Gasteiger charge is -2.03. The van der Waals surface area contributed by atoms with Crippen molar-refractivity contribution in [3.63, 3.8) is 0 Å². The Kier molecular flexibility index (Phi) is 4.64. The zero-order chi connectivity index (χ0) is 14.2. The van der Waals surface area contributed by atoms with Gasteiger partial charge in [0.25, 0.3) is 0 Å². The van der Waals surface area contributed by atoms with Gasteiger partial charge in [-0.1, -0.05) is 35.4 Å². The van der Waals surface area contributed by atoms with Crippen molar-refractivity contribution in [3.05, 3.63) is 70.6 Å². The molecule has 0 bridgehead atoms. The van der Waals surface area contributed by atoms with Crippen LogP contribution in [-0.4, -0.2) is 17.7 Å². The monoisotopic (exact) mass is 270 g/mol. The van der Waals surface area contributed by atoms with E-state index in [9.17, 15) is 4.79 Å². The molecule has 0 amide bonds. The average molecular weight is 270 g/mol. The molecule has 20 heavy (non-hydrogen) atoms. The molecule has 0 aliphatic rings. The lowest BCUT2D eigenvalue weighted by molar-refractivity contribution is -0.691. The smallest absolute Gasteiger partial charge is 0.405 e. The Labute approximate surface area is 115 Å². The summed E-state index contributed by atoms with van der Waals surface area (Å²) in [4.78, 5) is 18.3. The summed E-state index contributed by atoms with van der Waals surface area (Å²) in [5.74, 6) is -0.582. The number of esters is 1. The van der Waals surface area contributed by atoms with Crippen molar-refractivity contribution >= 4 is 5.97 Å². The Morgan fingerprint density at radius 1 is 1.40 bits per heavy atom. The molecule has 2 aromatic rings. The third-order valence-corrected chi connectivity index (χ3v) is 2.56. The van der Waals surface area contributed by atoms with Gasteiger partial charge in [-0.3, -0.25) is 4.98 Å². The first-order valence-electron chi connectivity index (χ1n) is 5.86. The quantitative estimate of drug-likeness (QED) is 0.273. The molecule has 0 N–H and O–H groups in total. The molecule has 2 rings (SSSR count). The first-order valence-corrected chi connectivity index (χ1v) is 5.86. The van der Waals surface area contributed by atoms with E-state index in [1.807, 2.05) is 30.3 Å². The van der Waals surface area contributed by atoms with Gasteiger partial charge in [0, 0.05) is 10.5 Å². The molecule has 1 heterocycles. The molecular formula is C13H12N5O2+. The predicted octanol–water partition coefficient (Wildman–Crippen LogP) is 1.84. The van der Waals surface area contributed by atoms with Gasteiger partial charge in [0.05, 0.1) is 6.20 Å². The van der Waals surface area contributed by atoms with Crippen molar-refractivity contribution in [1.82, 2.24) is 4.98 Å². The van der Waals surface area contributed by atoms with E-state index >= 15 is 0 Å². The maximum absolute atomic E-state index is 11.9. The average Bonchev–Trinajstić information content (AvgIpc) is 2.49. The highest BCUT2D eigenvalue weighted by molar-refractivity contribution is 5.85. The molecule has 0 radical (unpaired) electrons. The number of nitrogens with zero attached hydrogens (tertiary/aromatic N) is 5. The van der Waals surface area contributed by atoms with Gasteiger partial charge in [0.15, 0.2) is 19.5 Å². The Balaban J connectivity index is 2.17. The van der Waals surface area contributed by atoms with Crippen LogP contribution in [0.1, 0.15) is 16.1 Å². The van der Waals surface area contributed by atoms with E-state index < -0.39 is 5.97 Å². The molecule has 0 fully saturated rings. The number of aromatic nitrogens is 2. The minimum absolute atomic E-state index is 0.296. The van der Waals surface area contributed by atoms with E-state index in [1.165, 1.54) is 6.20 Å². The number of benzene rings is 1. The standard InChI is InChI=1S/C13H12N5O2/c14-17-16-10-20-13(19)12-8-15-6-7-18(12)9-11-4-2-1-3-5-11/h1-8H,9-10H2/q+1. The fourth-order valence-electron chi connectivity index (χ4n) is 1.66. The topological polar surface area (TPSA) is 91.8 Å². The summed E-state index contributed by atoms with van der Waals surface area (Å²) in [5.41, 5.74) is 9.49. The van der Waals surface area contributed by atoms with E-state index in [-0.39, 0.29) is 6.73 Å². The minimum Gasteiger partial charge on any atom is -0.452 e. The number of hydrogen-bond donors (Lipinski definition) is 0. The molecule has 0 aliphatic carbocycles. The fourth-order valence-corrected chi connectivity index (χ4v) is 1.66. The lowest BCUT2D eigenvalue weighted by atomic mass is 10.2. The van der Waals surface area contributed by atoms with Gasteiger partial charge in [-0.2, -0.15) is 4.57 Å². The summed E-state index contributed by atoms with van der Waals surface area (Å²) < 4.78 is 6.55. The van der Waals surface area contributed by atoms with Gasteiger partial charge in [-0.15, -0.1) is 0 Å². The van der Waals surface area contributed by atoms with E-state index in [4.69, 9.17) is 10.3 Å². The van der Waals surface area contributed by atoms with Crippen LogP contribution < -0.4 is 4.57 Å². The largest absolute Gasteiger partial charge is 0.452 e. The molecule has 1 aromatic carbocycles. The van der Waals surface area contributed by atoms with Crippen LogP contribution in [-0.2, 0) is 11.3 Å². The molecule has 7 heteroatoms. The number of azide groups is 1. The van der Waals surface area contributed by atoms with Crippen LogP contribution in [0.4, 0.5) is 0 Å². The second-order valence-electron chi connectivity index (χ2n) is 3.87. The van der Waals surface area contributed by atoms with Gasteiger partial charge < -0.3 is 4.74 Å². The lowest BCUT2D eigenvalue weighted by Crippen LogP contribution is -2.41. The van der Waals surface area contributed by atoms with Crippen molar-refractivity contribution in [2.75, 3.05) is 6.73 Å². The Morgan fingerprint density at radius 2 is 2.20 bits per heavy atom. The first-order chi connectivity index (χ1) is 9.81. The van der Waals surface area contributed by atoms with Crippen LogP contribution >= 0.6 is 0 Å². The highest BCUT2D eigenvalue weighted by Gasteiger charge is 2.20. The zero-order valence-electron chi connectivity index (χ0n) is 10.6. The first kappa shape index (κ1) is 13.5. The van der Waals surface area contributed by atoms with Crippen molar-refractivity contribution in [3.8, 4) is 0 Å². The molecule has 0 saturated heterocycles. The van der Waals surface area contributed by atoms with E-state index in [0.29, 0.717) is 12.2 Å². The molecule has 1 aromatic heterocycles. The van der Waals surface area contributed by atoms with Crippen molar-refractivity contribution < 1.29 is 14.1 Å². The van der Waals surface area contributed by atoms with E-state index in [1.54, 1.807) is 17.0 Å². The highest BCUT2D eigenvalue weighted by atomic mass is 16.5. The van der Waals surface area contributed by atoms with Gasteiger partial charge in [-0.05, 0) is 5.53 Å². The highest BCUT2D eigenvalue weighted by Crippen LogP contribution is 2.00. The molecule has 0 unspecified atom stereocenters. The Morgan fingerprint density at radius 3 is 2.95 bits per heavy atom. The van der Waals surface area contributed by atoms with E-state index in [2.05, 4.69) is 15.0 Å². The number of ether oxygens (including phenoxy) is 1. The summed E-state index contributed by atoms with van der Waals surface area (Å²) >= 11 is 0. The molecule has 0 saturated carbocycles. The minimum atomic E-state index is -0.582. The molecule has 100 valence electrons. The zero-order valence-corrected chi connectivity index (χ0v) is 10.6. The number of carbonyl (C=O) groups is 1. The van der Waals surface area contributed by atoms with Crippen LogP contribution in [0.5, 0.6) is 0 Å². The molecule has 0 spiro atoms. The van der Waals surface area contributed by atoms with Crippen molar-refractivity contribution in [2.24, 2.45) is 5.11 Å². The van der Waals surface area contributed by atoms with Crippen molar-refractivity contribution in [2.45, 2.75) is 6.54 Å². The summed E-state index contributed by atoms with van der Waals surface area (Å²) in [6.45, 7) is 0.185. The molecule has 7 nitrogen and oxygen atoms in total. The summed E-state index contributed by atoms with van der Waals surface area (Å²) in [5, 5.41) is 3.16. The second kappa shape index (κ2) is 6.86. The van der Waals surface area contributed by atoms with Crippen LogP contribution in [0, 0.1) is 0 Å². The van der Waals surface area contributed by atoms with Gasteiger partial charge >= 0.3 is 11.7 Å². The number of carbonyl (C=O) groups excluding carboxylic acids is 1. The van der Waals surface area contributed by atoms with Crippen molar-refractivity contribution in [1.29, 1.82) is 0 Å². The molecule has 0 atom stereocenters. The van der Waals surface area contributed by atoms with Crippen LogP contribution in [0.25, 0.3) is 10.4 Å². The maximum Gasteiger partial charge on any atom is 0.405 e. The maximum atomic E-state index is 11.9. The third kappa shape index (κ3) is 3.54. The second-order valence-corrected chi connectivity index (χ2v) is 3.87. The van der Waals surface area contributed by atoms with Crippen LogP contribution in [0.15, 0.2) is 54.0 Å². The van der Waals surface area contributed by atoms with Crippen LogP contribution in [0.3, 0.4) is 0 Å². The van der Waals surface area contributed by atoms with Gasteiger partial charge in [0.2, 0.25) is 0 Å². The molecule has 0 aliphatic heterocycles. The summed E-state index contributed by atoms with van der Waals surface area (Å²) in [7, 11) is 0.